The van der Waals surface area contributed by atoms with Crippen LogP contribution in [0.3, 0.4) is 0 Å². The number of hydrogen-bond donors (Lipinski definition) is 1. The number of nitrogens with one attached hydrogen (secondary N) is 1. The molecule has 3 fully saturated rings. The fourth-order valence-electron chi connectivity index (χ4n) is 5.53. The molecule has 0 aliphatic carbocycles. The molecule has 1 N–H and O–H groups in total. The summed E-state index contributed by atoms with van der Waals surface area (Å²) in [7, 11) is 0. The normalized spacial score (nSPS) is 23.9. The number of aromatic amines is 1. The Hall–Kier alpha value is -2.34. The van der Waals surface area contributed by atoms with Gasteiger partial charge in [-0.3, -0.25) is 14.5 Å². The number of nitrogens with zero attached hydrogens (tertiary/aromatic N) is 3. The van der Waals surface area contributed by atoms with E-state index in [2.05, 4.69) is 14.8 Å². The monoisotopic (exact) mass is 408 g/mol. The van der Waals surface area contributed by atoms with Crippen LogP contribution in [0.1, 0.15) is 49.0 Å². The Morgan fingerprint density at radius 1 is 0.867 bits per heavy atom. The van der Waals surface area contributed by atoms with Gasteiger partial charge in [0.25, 0.3) is 5.91 Å². The molecule has 1 unspecified atom stereocenters. The zero-order valence-electron chi connectivity index (χ0n) is 17.7. The lowest BCUT2D eigenvalue weighted by Gasteiger charge is -2.42. The predicted octanol–water partition coefficient (Wildman–Crippen LogP) is 3.11. The van der Waals surface area contributed by atoms with Gasteiger partial charge < -0.3 is 14.8 Å². The second kappa shape index (κ2) is 8.42. The largest absolute Gasteiger partial charge is 0.351 e. The first-order valence-corrected chi connectivity index (χ1v) is 11.6. The van der Waals surface area contributed by atoms with Gasteiger partial charge >= 0.3 is 0 Å². The molecular weight excluding hydrogens is 376 g/mol. The number of hydrogen-bond acceptors (Lipinski definition) is 3. The van der Waals surface area contributed by atoms with Crippen LogP contribution < -0.4 is 0 Å². The van der Waals surface area contributed by atoms with Crippen molar-refractivity contribution in [1.29, 1.82) is 0 Å². The summed E-state index contributed by atoms with van der Waals surface area (Å²) in [5.74, 6) is 0.650. The van der Waals surface area contributed by atoms with Gasteiger partial charge in [0.05, 0.1) is 5.92 Å². The molecule has 4 heterocycles. The van der Waals surface area contributed by atoms with Crippen LogP contribution in [-0.4, -0.2) is 76.8 Å². The molecule has 3 aliphatic heterocycles. The molecule has 0 spiro atoms. The van der Waals surface area contributed by atoms with E-state index >= 15 is 0 Å². The molecule has 160 valence electrons. The van der Waals surface area contributed by atoms with E-state index in [1.54, 1.807) is 0 Å². The number of likely N-dealkylation sites (tertiary alicyclic amines) is 3. The van der Waals surface area contributed by atoms with Gasteiger partial charge in [0, 0.05) is 49.7 Å². The first-order chi connectivity index (χ1) is 14.7. The van der Waals surface area contributed by atoms with Crippen molar-refractivity contribution >= 4 is 22.7 Å². The zero-order valence-corrected chi connectivity index (χ0v) is 17.7. The summed E-state index contributed by atoms with van der Waals surface area (Å²) < 4.78 is 0. The summed E-state index contributed by atoms with van der Waals surface area (Å²) in [4.78, 5) is 35.7. The molecule has 3 saturated heterocycles. The molecule has 3 aliphatic rings. The molecule has 6 heteroatoms. The Morgan fingerprint density at radius 2 is 1.63 bits per heavy atom. The van der Waals surface area contributed by atoms with Crippen LogP contribution in [0.15, 0.2) is 30.3 Å². The fourth-order valence-corrected chi connectivity index (χ4v) is 5.53. The van der Waals surface area contributed by atoms with Gasteiger partial charge in [-0.1, -0.05) is 18.2 Å². The second-order valence-corrected chi connectivity index (χ2v) is 9.16. The van der Waals surface area contributed by atoms with E-state index in [4.69, 9.17) is 0 Å². The fraction of sp³-hybridized carbons (Fsp3) is 0.583. The smallest absolute Gasteiger partial charge is 0.270 e. The maximum Gasteiger partial charge on any atom is 0.270 e. The lowest BCUT2D eigenvalue weighted by Crippen LogP contribution is -2.51. The molecular formula is C24H32N4O2. The van der Waals surface area contributed by atoms with E-state index in [-0.39, 0.29) is 11.8 Å². The van der Waals surface area contributed by atoms with Crippen molar-refractivity contribution in [2.45, 2.75) is 44.6 Å². The topological polar surface area (TPSA) is 59.7 Å². The second-order valence-electron chi connectivity index (χ2n) is 9.16. The Balaban J connectivity index is 1.17. The molecule has 2 amide bonds. The van der Waals surface area contributed by atoms with Gasteiger partial charge in [-0.25, -0.2) is 0 Å². The van der Waals surface area contributed by atoms with E-state index < -0.39 is 0 Å². The molecule has 30 heavy (non-hydrogen) atoms. The van der Waals surface area contributed by atoms with Crippen LogP contribution >= 0.6 is 0 Å². The maximum absolute atomic E-state index is 13.0. The van der Waals surface area contributed by atoms with E-state index in [0.717, 1.165) is 88.7 Å². The van der Waals surface area contributed by atoms with E-state index in [0.29, 0.717) is 17.6 Å². The minimum atomic E-state index is 0.102. The third-order valence-electron chi connectivity index (χ3n) is 7.25. The molecule has 0 radical (unpaired) electrons. The molecule has 1 aromatic carbocycles. The Labute approximate surface area is 178 Å². The number of H-pyrrole nitrogens is 1. The Bertz CT molecular complexity index is 876. The molecule has 2 aromatic rings. The van der Waals surface area contributed by atoms with Crippen molar-refractivity contribution < 1.29 is 9.59 Å². The highest BCUT2D eigenvalue weighted by Crippen LogP contribution is 2.27. The Kier molecular flexibility index (Phi) is 5.50. The van der Waals surface area contributed by atoms with Crippen LogP contribution in [0.2, 0.25) is 0 Å². The van der Waals surface area contributed by atoms with Gasteiger partial charge in [0.1, 0.15) is 5.69 Å². The minimum absolute atomic E-state index is 0.102. The zero-order chi connectivity index (χ0) is 20.5. The van der Waals surface area contributed by atoms with E-state index in [1.807, 2.05) is 35.2 Å². The number of fused-ring (bicyclic) bond motifs is 1. The van der Waals surface area contributed by atoms with E-state index in [1.165, 1.54) is 0 Å². The SMILES string of the molecule is O=C(c1cc2ccccc2[nH]1)N1CCC(N2CCCC(C(=O)N3CCCC3)C2)CC1. The van der Waals surface area contributed by atoms with Gasteiger partial charge in [-0.05, 0) is 57.2 Å². The minimum Gasteiger partial charge on any atom is -0.351 e. The highest BCUT2D eigenvalue weighted by molar-refractivity contribution is 5.98. The first-order valence-electron chi connectivity index (χ1n) is 11.6. The summed E-state index contributed by atoms with van der Waals surface area (Å²) in [6, 6.07) is 10.5. The molecule has 6 nitrogen and oxygen atoms in total. The predicted molar refractivity (Wildman–Crippen MR) is 117 cm³/mol. The number of amides is 2. The third-order valence-corrected chi connectivity index (χ3v) is 7.25. The number of carbonyl (C=O) groups excluding carboxylic acids is 2. The summed E-state index contributed by atoms with van der Waals surface area (Å²) in [5, 5.41) is 1.08. The van der Waals surface area contributed by atoms with Crippen molar-refractivity contribution in [3.05, 3.63) is 36.0 Å². The summed E-state index contributed by atoms with van der Waals surface area (Å²) in [6.45, 7) is 5.47. The van der Waals surface area contributed by atoms with Crippen LogP contribution in [-0.2, 0) is 4.79 Å². The molecule has 0 saturated carbocycles. The lowest BCUT2D eigenvalue weighted by molar-refractivity contribution is -0.136. The summed E-state index contributed by atoms with van der Waals surface area (Å²) in [6.07, 6.45) is 6.45. The van der Waals surface area contributed by atoms with Crippen LogP contribution in [0, 0.1) is 5.92 Å². The molecule has 0 bridgehead atoms. The number of para-hydroxylation sites is 1. The van der Waals surface area contributed by atoms with Gasteiger partial charge in [-0.15, -0.1) is 0 Å². The summed E-state index contributed by atoms with van der Waals surface area (Å²) >= 11 is 0. The quantitative estimate of drug-likeness (QED) is 0.849. The van der Waals surface area contributed by atoms with Gasteiger partial charge in [0.15, 0.2) is 0 Å². The third kappa shape index (κ3) is 3.85. The number of aromatic nitrogens is 1. The number of piperidine rings is 2. The van der Waals surface area contributed by atoms with Gasteiger partial charge in [0.2, 0.25) is 5.91 Å². The van der Waals surface area contributed by atoms with Crippen molar-refractivity contribution in [2.75, 3.05) is 39.3 Å². The highest BCUT2D eigenvalue weighted by atomic mass is 16.2. The van der Waals surface area contributed by atoms with Crippen LogP contribution in [0.25, 0.3) is 10.9 Å². The number of benzene rings is 1. The van der Waals surface area contributed by atoms with Gasteiger partial charge in [-0.2, -0.15) is 0 Å². The van der Waals surface area contributed by atoms with Crippen molar-refractivity contribution in [3.8, 4) is 0 Å². The lowest BCUT2D eigenvalue weighted by atomic mass is 9.93. The van der Waals surface area contributed by atoms with Crippen molar-refractivity contribution in [1.82, 2.24) is 19.7 Å². The maximum atomic E-state index is 13.0. The molecule has 5 rings (SSSR count). The standard InChI is InChI=1S/C24H32N4O2/c29-23(26-11-3-4-12-26)19-7-5-13-28(17-19)20-9-14-27(15-10-20)24(30)22-16-18-6-1-2-8-21(18)25-22/h1-2,6,8,16,19-20,25H,3-5,7,9-15,17H2. The molecule has 1 aromatic heterocycles. The highest BCUT2D eigenvalue weighted by Gasteiger charge is 2.34. The van der Waals surface area contributed by atoms with Crippen molar-refractivity contribution in [3.63, 3.8) is 0 Å². The Morgan fingerprint density at radius 3 is 2.40 bits per heavy atom. The number of carbonyl (C=O) groups is 2. The average Bonchev–Trinajstić information content (AvgIpc) is 3.48. The van der Waals surface area contributed by atoms with E-state index in [9.17, 15) is 9.59 Å². The average molecular weight is 409 g/mol. The first kappa shape index (κ1) is 19.6. The van der Waals surface area contributed by atoms with Crippen LogP contribution in [0.4, 0.5) is 0 Å². The number of rotatable bonds is 3. The summed E-state index contributed by atoms with van der Waals surface area (Å²) in [5.41, 5.74) is 1.70. The van der Waals surface area contributed by atoms with Crippen molar-refractivity contribution in [2.24, 2.45) is 5.92 Å². The molecule has 1 atom stereocenters. The van der Waals surface area contributed by atoms with Crippen LogP contribution in [0.5, 0.6) is 0 Å².